The molecule has 36 heavy (non-hydrogen) atoms. The van der Waals surface area contributed by atoms with Gasteiger partial charge in [0.25, 0.3) is 0 Å². The van der Waals surface area contributed by atoms with E-state index in [9.17, 15) is 14.7 Å². The number of carboxylic acids is 1. The van der Waals surface area contributed by atoms with Crippen LogP contribution in [0.2, 0.25) is 0 Å². The van der Waals surface area contributed by atoms with Crippen LogP contribution in [-0.2, 0) is 16.1 Å². The summed E-state index contributed by atoms with van der Waals surface area (Å²) in [6.45, 7) is 7.30. The number of rotatable bonds is 13. The van der Waals surface area contributed by atoms with E-state index in [0.29, 0.717) is 31.0 Å². The van der Waals surface area contributed by atoms with E-state index >= 15 is 0 Å². The van der Waals surface area contributed by atoms with E-state index in [2.05, 4.69) is 23.7 Å². The van der Waals surface area contributed by atoms with Crippen molar-refractivity contribution in [3.8, 4) is 11.5 Å². The highest BCUT2D eigenvalue weighted by Crippen LogP contribution is 2.42. The monoisotopic (exact) mass is 498 g/mol. The Hall–Kier alpha value is -3.07. The van der Waals surface area contributed by atoms with Gasteiger partial charge in [0, 0.05) is 50.5 Å². The zero-order valence-electron chi connectivity index (χ0n) is 21.3. The number of aromatic nitrogens is 2. The molecule has 1 N–H and O–H groups in total. The number of carbonyl (C=O) groups is 2. The van der Waals surface area contributed by atoms with Gasteiger partial charge >= 0.3 is 5.97 Å². The van der Waals surface area contributed by atoms with Gasteiger partial charge in [0.1, 0.15) is 0 Å². The van der Waals surface area contributed by atoms with Gasteiger partial charge in [-0.15, -0.1) is 0 Å². The molecule has 1 saturated heterocycles. The molecule has 1 fully saturated rings. The predicted octanol–water partition coefficient (Wildman–Crippen LogP) is 3.60. The highest BCUT2D eigenvalue weighted by atomic mass is 16.7. The Morgan fingerprint density at radius 1 is 1.14 bits per heavy atom. The van der Waals surface area contributed by atoms with Crippen LogP contribution in [-0.4, -0.2) is 75.3 Å². The number of imidazole rings is 1. The average molecular weight is 499 g/mol. The molecular weight excluding hydrogens is 460 g/mol. The molecule has 2 aromatic rings. The van der Waals surface area contributed by atoms with Crippen LogP contribution in [0, 0.1) is 5.92 Å². The molecule has 0 aliphatic carbocycles. The van der Waals surface area contributed by atoms with Crippen molar-refractivity contribution in [3.63, 3.8) is 0 Å². The summed E-state index contributed by atoms with van der Waals surface area (Å²) in [5.41, 5.74) is 0.906. The van der Waals surface area contributed by atoms with Crippen LogP contribution in [0.5, 0.6) is 11.5 Å². The second kappa shape index (κ2) is 12.3. The first kappa shape index (κ1) is 26.0. The van der Waals surface area contributed by atoms with Gasteiger partial charge in [-0.25, -0.2) is 4.98 Å². The highest BCUT2D eigenvalue weighted by Gasteiger charge is 2.47. The number of nitrogens with zero attached hydrogens (tertiary/aromatic N) is 4. The zero-order chi connectivity index (χ0) is 25.5. The largest absolute Gasteiger partial charge is 0.481 e. The van der Waals surface area contributed by atoms with Crippen molar-refractivity contribution >= 4 is 11.9 Å². The summed E-state index contributed by atoms with van der Waals surface area (Å²) in [4.78, 5) is 34.3. The number of unbranched alkanes of at least 4 members (excludes halogenated alkanes) is 2. The number of amides is 1. The number of hydrogen-bond donors (Lipinski definition) is 1. The lowest BCUT2D eigenvalue weighted by molar-refractivity contribution is -0.144. The van der Waals surface area contributed by atoms with Gasteiger partial charge in [-0.3, -0.25) is 14.5 Å². The molecular formula is C27H38N4O5. The third-order valence-corrected chi connectivity index (χ3v) is 7.35. The Morgan fingerprint density at radius 3 is 2.56 bits per heavy atom. The van der Waals surface area contributed by atoms with E-state index in [1.165, 1.54) is 0 Å². The van der Waals surface area contributed by atoms with Crippen molar-refractivity contribution in [2.45, 2.75) is 64.5 Å². The van der Waals surface area contributed by atoms with Crippen molar-refractivity contribution < 1.29 is 24.2 Å². The molecule has 3 atom stereocenters. The lowest BCUT2D eigenvalue weighted by Crippen LogP contribution is -2.45. The third kappa shape index (κ3) is 6.00. The van der Waals surface area contributed by atoms with Crippen LogP contribution in [0.15, 0.2) is 36.9 Å². The summed E-state index contributed by atoms with van der Waals surface area (Å²) in [6.07, 6.45) is 9.96. The quantitative estimate of drug-likeness (QED) is 0.451. The topological polar surface area (TPSA) is 97.1 Å². The number of carbonyl (C=O) groups excluding carboxylic acids is 1. The number of aryl methyl sites for hydroxylation is 1. The average Bonchev–Trinajstić information content (AvgIpc) is 3.62. The second-order valence-electron chi connectivity index (χ2n) is 9.76. The van der Waals surface area contributed by atoms with Crippen molar-refractivity contribution in [1.82, 2.24) is 19.4 Å². The number of hydrogen-bond acceptors (Lipinski definition) is 6. The minimum atomic E-state index is -0.836. The molecule has 3 heterocycles. The Kier molecular flexibility index (Phi) is 8.85. The Balaban J connectivity index is 1.58. The van der Waals surface area contributed by atoms with Gasteiger partial charge in [0.2, 0.25) is 12.7 Å². The molecule has 2 aliphatic rings. The SMILES string of the molecule is CCCCN(CCCC)C(=O)CN1CC(c2ccc3c(c2)OCO3)C(C(=O)O)C1CCn1ccnc1. The molecule has 0 bridgehead atoms. The van der Waals surface area contributed by atoms with Crippen molar-refractivity contribution in [3.05, 3.63) is 42.5 Å². The summed E-state index contributed by atoms with van der Waals surface area (Å²) in [7, 11) is 0. The molecule has 9 heteroatoms. The van der Waals surface area contributed by atoms with Crippen LogP contribution in [0.4, 0.5) is 0 Å². The van der Waals surface area contributed by atoms with Crippen LogP contribution in [0.3, 0.4) is 0 Å². The maximum atomic E-state index is 13.4. The van der Waals surface area contributed by atoms with Crippen LogP contribution in [0.1, 0.15) is 57.4 Å². The zero-order valence-corrected chi connectivity index (χ0v) is 21.3. The van der Waals surface area contributed by atoms with Gasteiger partial charge in [-0.1, -0.05) is 32.8 Å². The van der Waals surface area contributed by atoms with Gasteiger partial charge < -0.3 is 24.0 Å². The molecule has 4 rings (SSSR count). The van der Waals surface area contributed by atoms with Gasteiger partial charge in [-0.2, -0.15) is 0 Å². The summed E-state index contributed by atoms with van der Waals surface area (Å²) in [5.74, 6) is -0.322. The molecule has 1 aromatic heterocycles. The first-order valence-corrected chi connectivity index (χ1v) is 13.1. The van der Waals surface area contributed by atoms with Gasteiger partial charge in [0.15, 0.2) is 11.5 Å². The molecule has 9 nitrogen and oxygen atoms in total. The minimum Gasteiger partial charge on any atom is -0.481 e. The summed E-state index contributed by atoms with van der Waals surface area (Å²) in [6, 6.07) is 5.41. The Bertz CT molecular complexity index is 1000. The van der Waals surface area contributed by atoms with Crippen LogP contribution in [0.25, 0.3) is 0 Å². The van der Waals surface area contributed by atoms with Crippen molar-refractivity contribution in [1.29, 1.82) is 0 Å². The molecule has 196 valence electrons. The number of fused-ring (bicyclic) bond motifs is 1. The summed E-state index contributed by atoms with van der Waals surface area (Å²) in [5, 5.41) is 10.4. The Labute approximate surface area is 213 Å². The Morgan fingerprint density at radius 2 is 1.89 bits per heavy atom. The maximum Gasteiger partial charge on any atom is 0.308 e. The predicted molar refractivity (Wildman–Crippen MR) is 135 cm³/mol. The standard InChI is InChI=1S/C27H38N4O5/c1-3-5-11-30(12-6-4-2)25(32)17-31-16-21(20-7-8-23-24(15-20)36-19-35-23)26(27(33)34)22(31)9-13-29-14-10-28-18-29/h7-8,10,14-15,18,21-22,26H,3-6,9,11-13,16-17,19H2,1-2H3,(H,33,34). The molecule has 0 radical (unpaired) electrons. The highest BCUT2D eigenvalue weighted by molar-refractivity contribution is 5.79. The van der Waals surface area contributed by atoms with Gasteiger partial charge in [0.05, 0.1) is 18.8 Å². The van der Waals surface area contributed by atoms with E-state index in [0.717, 1.165) is 44.3 Å². The fourth-order valence-corrected chi connectivity index (χ4v) is 5.37. The van der Waals surface area contributed by atoms with E-state index in [1.54, 1.807) is 12.5 Å². The maximum absolute atomic E-state index is 13.4. The molecule has 0 spiro atoms. The second-order valence-corrected chi connectivity index (χ2v) is 9.76. The lowest BCUT2D eigenvalue weighted by atomic mass is 9.84. The van der Waals surface area contributed by atoms with Crippen LogP contribution >= 0.6 is 0 Å². The molecule has 2 aliphatic heterocycles. The fraction of sp³-hybridized carbons (Fsp3) is 0.593. The number of carboxylic acid groups (broad SMARTS) is 1. The van der Waals surface area contributed by atoms with E-state index < -0.39 is 11.9 Å². The summed E-state index contributed by atoms with van der Waals surface area (Å²) >= 11 is 0. The van der Waals surface area contributed by atoms with Crippen molar-refractivity contribution in [2.24, 2.45) is 5.92 Å². The van der Waals surface area contributed by atoms with E-state index in [4.69, 9.17) is 9.47 Å². The lowest BCUT2D eigenvalue weighted by Gasteiger charge is -2.30. The summed E-state index contributed by atoms with van der Waals surface area (Å²) < 4.78 is 13.0. The molecule has 0 saturated carbocycles. The molecule has 3 unspecified atom stereocenters. The molecule has 1 amide bonds. The van der Waals surface area contributed by atoms with E-state index in [1.807, 2.05) is 33.9 Å². The first-order chi connectivity index (χ1) is 17.5. The number of aliphatic carboxylic acids is 1. The van der Waals surface area contributed by atoms with Crippen LogP contribution < -0.4 is 9.47 Å². The van der Waals surface area contributed by atoms with Crippen molar-refractivity contribution in [2.75, 3.05) is 33.0 Å². The first-order valence-electron chi connectivity index (χ1n) is 13.1. The third-order valence-electron chi connectivity index (χ3n) is 7.35. The number of likely N-dealkylation sites (tertiary alicyclic amines) is 1. The fourth-order valence-electron chi connectivity index (χ4n) is 5.37. The minimum absolute atomic E-state index is 0.0833. The number of benzene rings is 1. The van der Waals surface area contributed by atoms with E-state index in [-0.39, 0.29) is 31.2 Å². The normalized spacial score (nSPS) is 21.1. The van der Waals surface area contributed by atoms with Gasteiger partial charge in [-0.05, 0) is 37.0 Å². The smallest absolute Gasteiger partial charge is 0.308 e. The number of ether oxygens (including phenoxy) is 2. The molecule has 1 aromatic carbocycles.